The van der Waals surface area contributed by atoms with Crippen LogP contribution in [0.1, 0.15) is 51.2 Å². The smallest absolute Gasteiger partial charge is 0.253 e. The fourth-order valence-corrected chi connectivity index (χ4v) is 7.29. The predicted molar refractivity (Wildman–Crippen MR) is 151 cm³/mol. The summed E-state index contributed by atoms with van der Waals surface area (Å²) < 4.78 is 6.77. The number of amides is 3. The second-order valence-corrected chi connectivity index (χ2v) is 11.6. The average Bonchev–Trinajstić information content (AvgIpc) is 3.47. The highest BCUT2D eigenvalue weighted by Crippen LogP contribution is 2.64. The first-order valence-corrected chi connectivity index (χ1v) is 14.0. The predicted octanol–water partition coefficient (Wildman–Crippen LogP) is 3.39. The van der Waals surface area contributed by atoms with Gasteiger partial charge < -0.3 is 24.5 Å². The summed E-state index contributed by atoms with van der Waals surface area (Å²) in [7, 11) is 0. The largest absolute Gasteiger partial charge is 0.394 e. The van der Waals surface area contributed by atoms with Gasteiger partial charge in [-0.25, -0.2) is 0 Å². The van der Waals surface area contributed by atoms with Crippen molar-refractivity contribution in [1.82, 2.24) is 9.80 Å². The van der Waals surface area contributed by atoms with Crippen LogP contribution in [0.25, 0.3) is 0 Å². The fraction of sp³-hybridized carbons (Fsp3) is 0.581. The third kappa shape index (κ3) is 4.42. The van der Waals surface area contributed by atoms with Gasteiger partial charge >= 0.3 is 0 Å². The third-order valence-electron chi connectivity index (χ3n) is 8.90. The molecule has 8 nitrogen and oxygen atoms in total. The zero-order valence-corrected chi connectivity index (χ0v) is 24.0. The van der Waals surface area contributed by atoms with Crippen LogP contribution >= 0.6 is 0 Å². The number of anilines is 1. The number of rotatable bonds is 11. The van der Waals surface area contributed by atoms with Crippen LogP contribution in [0, 0.1) is 25.7 Å². The molecule has 0 saturated carbocycles. The highest BCUT2D eigenvalue weighted by atomic mass is 16.5. The lowest BCUT2D eigenvalue weighted by molar-refractivity contribution is -0.151. The molecule has 4 rings (SSSR count). The molecule has 0 aliphatic carbocycles. The molecule has 1 N–H and O–H groups in total. The normalized spacial score (nSPS) is 29.7. The number of hydrogen-bond acceptors (Lipinski definition) is 5. The van der Waals surface area contributed by atoms with Crippen molar-refractivity contribution in [3.63, 3.8) is 0 Å². The first-order chi connectivity index (χ1) is 18.5. The van der Waals surface area contributed by atoms with Crippen LogP contribution in [0.2, 0.25) is 0 Å². The molecule has 3 saturated heterocycles. The number of carbonyl (C=O) groups excluding carboxylic acids is 3. The Morgan fingerprint density at radius 2 is 1.82 bits per heavy atom. The Labute approximate surface area is 232 Å². The summed E-state index contributed by atoms with van der Waals surface area (Å²) in [4.78, 5) is 47.9. The maximum Gasteiger partial charge on any atom is 0.253 e. The van der Waals surface area contributed by atoms with E-state index in [1.165, 1.54) is 4.90 Å². The number of carbonyl (C=O) groups is 3. The Bertz CT molecular complexity index is 1150. The van der Waals surface area contributed by atoms with Gasteiger partial charge in [0.2, 0.25) is 11.8 Å². The number of para-hydroxylation sites is 1. The quantitative estimate of drug-likeness (QED) is 0.437. The van der Waals surface area contributed by atoms with Gasteiger partial charge in [0, 0.05) is 25.3 Å². The van der Waals surface area contributed by atoms with Crippen LogP contribution in [0.3, 0.4) is 0 Å². The van der Waals surface area contributed by atoms with Crippen molar-refractivity contribution in [2.75, 3.05) is 31.1 Å². The maximum absolute atomic E-state index is 14.7. The van der Waals surface area contributed by atoms with Gasteiger partial charge in [0.25, 0.3) is 5.91 Å². The third-order valence-corrected chi connectivity index (χ3v) is 8.90. The van der Waals surface area contributed by atoms with E-state index in [0.717, 1.165) is 23.2 Å². The van der Waals surface area contributed by atoms with Crippen LogP contribution in [0.15, 0.2) is 43.5 Å². The molecular formula is C31H43N3O5. The zero-order chi connectivity index (χ0) is 28.7. The second kappa shape index (κ2) is 10.9. The van der Waals surface area contributed by atoms with Crippen molar-refractivity contribution in [3.05, 3.63) is 54.6 Å². The number of nitrogens with zero attached hydrogens (tertiary/aromatic N) is 3. The first kappa shape index (κ1) is 29.0. The average molecular weight is 538 g/mol. The number of likely N-dealkylation sites (tertiary alicyclic amines) is 1. The Balaban J connectivity index is 1.85. The van der Waals surface area contributed by atoms with Crippen molar-refractivity contribution in [1.29, 1.82) is 0 Å². The number of hydrogen-bond donors (Lipinski definition) is 1. The van der Waals surface area contributed by atoms with E-state index in [0.29, 0.717) is 25.9 Å². The van der Waals surface area contributed by atoms with Crippen molar-refractivity contribution in [2.24, 2.45) is 11.8 Å². The van der Waals surface area contributed by atoms with Gasteiger partial charge in [-0.05, 0) is 58.1 Å². The lowest BCUT2D eigenvalue weighted by atomic mass is 9.66. The van der Waals surface area contributed by atoms with Crippen LogP contribution in [0.4, 0.5) is 5.69 Å². The summed E-state index contributed by atoms with van der Waals surface area (Å²) in [5, 5.41) is 10.2. The van der Waals surface area contributed by atoms with E-state index in [-0.39, 0.29) is 30.9 Å². The summed E-state index contributed by atoms with van der Waals surface area (Å²) in [6, 6.07) is 4.25. The molecule has 3 amide bonds. The lowest BCUT2D eigenvalue weighted by Crippen LogP contribution is -2.58. The molecule has 2 bridgehead atoms. The Morgan fingerprint density at radius 3 is 2.38 bits per heavy atom. The lowest BCUT2D eigenvalue weighted by Gasteiger charge is -2.39. The molecule has 2 unspecified atom stereocenters. The van der Waals surface area contributed by atoms with E-state index < -0.39 is 35.1 Å². The standard InChI is InChI=1S/C31H43N3O5/c1-8-16-32(17-9-2)27(36)23-24-28(37)34(22(6)19-35)26(31(24)15-14-30(23,7)39-31)29(38)33(18-10-3)25-20(4)12-11-13-21(25)5/h8,10-13,22-24,26,35H,1,3,9,14-19H2,2,4-7H3/t22-,23-,24+,26?,30+,31?/m1/s1. The minimum Gasteiger partial charge on any atom is -0.394 e. The summed E-state index contributed by atoms with van der Waals surface area (Å²) in [5.74, 6) is -2.24. The number of benzene rings is 1. The molecular weight excluding hydrogens is 494 g/mol. The molecule has 39 heavy (non-hydrogen) atoms. The highest BCUT2D eigenvalue weighted by Gasteiger charge is 2.78. The topological polar surface area (TPSA) is 90.4 Å². The minimum atomic E-state index is -1.16. The van der Waals surface area contributed by atoms with E-state index >= 15 is 0 Å². The van der Waals surface area contributed by atoms with E-state index in [4.69, 9.17) is 4.74 Å². The number of ether oxygens (including phenoxy) is 1. The van der Waals surface area contributed by atoms with Crippen molar-refractivity contribution >= 4 is 23.4 Å². The second-order valence-electron chi connectivity index (χ2n) is 11.6. The molecule has 212 valence electrons. The van der Waals surface area contributed by atoms with Crippen LogP contribution in [-0.4, -0.2) is 82.2 Å². The fourth-order valence-electron chi connectivity index (χ4n) is 7.29. The van der Waals surface area contributed by atoms with Gasteiger partial charge in [0.1, 0.15) is 11.6 Å². The SMILES string of the molecule is C=CCN(CCC)C(=O)[C@H]1[C@H]2C(=O)N([C@H](C)CO)C(C(=O)N(CC=C)c3c(C)cccc3C)C23CC[C@]1(C)O3. The van der Waals surface area contributed by atoms with Crippen LogP contribution in [-0.2, 0) is 19.1 Å². The summed E-state index contributed by atoms with van der Waals surface area (Å²) in [5.41, 5.74) is 0.620. The van der Waals surface area contributed by atoms with Crippen molar-refractivity contribution < 1.29 is 24.2 Å². The van der Waals surface area contributed by atoms with E-state index in [9.17, 15) is 19.5 Å². The molecule has 6 atom stereocenters. The van der Waals surface area contributed by atoms with Gasteiger partial charge in [-0.15, -0.1) is 13.2 Å². The van der Waals surface area contributed by atoms with Gasteiger partial charge in [-0.1, -0.05) is 37.3 Å². The molecule has 3 fully saturated rings. The molecule has 3 aliphatic heterocycles. The highest BCUT2D eigenvalue weighted by molar-refractivity contribution is 6.05. The van der Waals surface area contributed by atoms with Gasteiger partial charge in [-0.3, -0.25) is 14.4 Å². The number of fused-ring (bicyclic) bond motifs is 1. The Kier molecular flexibility index (Phi) is 8.11. The molecule has 8 heteroatoms. The van der Waals surface area contributed by atoms with Crippen LogP contribution in [0.5, 0.6) is 0 Å². The molecule has 0 aromatic heterocycles. The van der Waals surface area contributed by atoms with E-state index in [2.05, 4.69) is 13.2 Å². The Morgan fingerprint density at radius 1 is 1.18 bits per heavy atom. The zero-order valence-electron chi connectivity index (χ0n) is 24.0. The summed E-state index contributed by atoms with van der Waals surface area (Å²) in [6.45, 7) is 18.1. The molecule has 1 spiro atoms. The first-order valence-electron chi connectivity index (χ1n) is 14.0. The number of aryl methyl sites for hydroxylation is 2. The minimum absolute atomic E-state index is 0.137. The maximum atomic E-state index is 14.7. The molecule has 3 aliphatic rings. The Hall–Kier alpha value is -2.97. The molecule has 1 aromatic carbocycles. The van der Waals surface area contributed by atoms with Crippen molar-refractivity contribution in [3.8, 4) is 0 Å². The van der Waals surface area contributed by atoms with Crippen LogP contribution < -0.4 is 4.90 Å². The van der Waals surface area contributed by atoms with E-state index in [1.54, 1.807) is 28.9 Å². The summed E-state index contributed by atoms with van der Waals surface area (Å²) >= 11 is 0. The monoisotopic (exact) mass is 537 g/mol. The molecule has 1 aromatic rings. The molecule has 3 heterocycles. The number of aliphatic hydroxyl groups excluding tert-OH is 1. The van der Waals surface area contributed by atoms with Gasteiger partial charge in [0.05, 0.1) is 30.1 Å². The number of aliphatic hydroxyl groups is 1. The van der Waals surface area contributed by atoms with Gasteiger partial charge in [-0.2, -0.15) is 0 Å². The summed E-state index contributed by atoms with van der Waals surface area (Å²) in [6.07, 6.45) is 5.19. The van der Waals surface area contributed by atoms with E-state index in [1.807, 2.05) is 45.9 Å². The molecule has 0 radical (unpaired) electrons. The van der Waals surface area contributed by atoms with Crippen molar-refractivity contribution in [2.45, 2.75) is 77.2 Å². The van der Waals surface area contributed by atoms with Gasteiger partial charge in [0.15, 0.2) is 0 Å².